The van der Waals surface area contributed by atoms with Gasteiger partial charge in [-0.1, -0.05) is 6.92 Å². The van der Waals surface area contributed by atoms with E-state index in [1.165, 1.54) is 10.4 Å². The molecule has 2 heterocycles. The summed E-state index contributed by atoms with van der Waals surface area (Å²) in [6.45, 7) is 6.80. The van der Waals surface area contributed by atoms with Crippen molar-refractivity contribution >= 4 is 33.3 Å². The van der Waals surface area contributed by atoms with Gasteiger partial charge in [-0.05, 0) is 25.8 Å². The van der Waals surface area contributed by atoms with E-state index in [0.717, 1.165) is 28.3 Å². The SMILES string of the molecule is CCc1nc(NCCCC(=O)O)c2c(C)c(C)sc2n1. The molecule has 0 aliphatic heterocycles. The summed E-state index contributed by atoms with van der Waals surface area (Å²) in [6, 6.07) is 0. The van der Waals surface area contributed by atoms with Gasteiger partial charge in [0.2, 0.25) is 0 Å². The van der Waals surface area contributed by atoms with Crippen molar-refractivity contribution < 1.29 is 9.90 Å². The van der Waals surface area contributed by atoms with Crippen molar-refractivity contribution in [2.75, 3.05) is 11.9 Å². The molecule has 0 aliphatic rings. The molecule has 0 radical (unpaired) electrons. The van der Waals surface area contributed by atoms with E-state index in [2.05, 4.69) is 29.1 Å². The van der Waals surface area contributed by atoms with Crippen LogP contribution in [-0.4, -0.2) is 27.6 Å². The number of fused-ring (bicyclic) bond motifs is 1. The minimum absolute atomic E-state index is 0.170. The first-order valence-corrected chi connectivity index (χ1v) is 7.56. The molecule has 2 N–H and O–H groups in total. The second-order valence-electron chi connectivity index (χ2n) is 4.73. The Hall–Kier alpha value is -1.69. The smallest absolute Gasteiger partial charge is 0.303 e. The molecule has 0 spiro atoms. The molecule has 0 unspecified atom stereocenters. The van der Waals surface area contributed by atoms with Crippen LogP contribution in [0, 0.1) is 13.8 Å². The van der Waals surface area contributed by atoms with E-state index >= 15 is 0 Å². The van der Waals surface area contributed by atoms with Gasteiger partial charge in [0.15, 0.2) is 0 Å². The van der Waals surface area contributed by atoms with Gasteiger partial charge in [0.1, 0.15) is 16.5 Å². The lowest BCUT2D eigenvalue weighted by Gasteiger charge is -2.08. The zero-order valence-corrected chi connectivity index (χ0v) is 12.8. The molecule has 0 bridgehead atoms. The molecule has 20 heavy (non-hydrogen) atoms. The fraction of sp³-hybridized carbons (Fsp3) is 0.500. The van der Waals surface area contributed by atoms with E-state index in [-0.39, 0.29) is 6.42 Å². The fourth-order valence-electron chi connectivity index (χ4n) is 2.03. The Morgan fingerprint density at radius 3 is 2.75 bits per heavy atom. The van der Waals surface area contributed by atoms with Crippen LogP contribution < -0.4 is 5.32 Å². The highest BCUT2D eigenvalue weighted by atomic mass is 32.1. The second-order valence-corrected chi connectivity index (χ2v) is 5.93. The molecule has 108 valence electrons. The van der Waals surface area contributed by atoms with Crippen molar-refractivity contribution in [2.45, 2.75) is 40.0 Å². The van der Waals surface area contributed by atoms with Crippen LogP contribution in [0.2, 0.25) is 0 Å². The molecule has 2 aromatic heterocycles. The number of rotatable bonds is 6. The lowest BCUT2D eigenvalue weighted by molar-refractivity contribution is -0.137. The van der Waals surface area contributed by atoms with Gasteiger partial charge >= 0.3 is 5.97 Å². The Labute approximate surface area is 122 Å². The van der Waals surface area contributed by atoms with Gasteiger partial charge in [-0.2, -0.15) is 0 Å². The van der Waals surface area contributed by atoms with E-state index in [4.69, 9.17) is 5.11 Å². The summed E-state index contributed by atoms with van der Waals surface area (Å²) in [5, 5.41) is 13.0. The van der Waals surface area contributed by atoms with Crippen molar-refractivity contribution in [3.63, 3.8) is 0 Å². The molecule has 0 atom stereocenters. The topological polar surface area (TPSA) is 75.1 Å². The Bertz CT molecular complexity index is 637. The standard InChI is InChI=1S/C14H19N3O2S/c1-4-10-16-13(15-7-5-6-11(18)19)12-8(2)9(3)20-14(12)17-10/h4-7H2,1-3H3,(H,18,19)(H,15,16,17). The summed E-state index contributed by atoms with van der Waals surface area (Å²) in [5.41, 5.74) is 1.20. The van der Waals surface area contributed by atoms with Crippen molar-refractivity contribution in [2.24, 2.45) is 0 Å². The minimum Gasteiger partial charge on any atom is -0.481 e. The number of aryl methyl sites for hydroxylation is 3. The normalized spacial score (nSPS) is 10.9. The summed E-state index contributed by atoms with van der Waals surface area (Å²) >= 11 is 1.68. The molecule has 0 saturated carbocycles. The van der Waals surface area contributed by atoms with Crippen molar-refractivity contribution in [3.8, 4) is 0 Å². The van der Waals surface area contributed by atoms with Gasteiger partial charge in [-0.25, -0.2) is 9.97 Å². The Balaban J connectivity index is 2.27. The summed E-state index contributed by atoms with van der Waals surface area (Å²) in [4.78, 5) is 21.9. The highest BCUT2D eigenvalue weighted by molar-refractivity contribution is 7.18. The van der Waals surface area contributed by atoms with Crippen LogP contribution in [0.4, 0.5) is 5.82 Å². The summed E-state index contributed by atoms with van der Waals surface area (Å²) in [5.74, 6) is 0.884. The highest BCUT2D eigenvalue weighted by Gasteiger charge is 2.13. The number of nitrogens with zero attached hydrogens (tertiary/aromatic N) is 2. The van der Waals surface area contributed by atoms with E-state index in [9.17, 15) is 4.79 Å². The number of nitrogens with one attached hydrogen (secondary N) is 1. The maximum atomic E-state index is 10.5. The Kier molecular flexibility index (Phi) is 4.54. The zero-order chi connectivity index (χ0) is 14.7. The van der Waals surface area contributed by atoms with Crippen molar-refractivity contribution in [1.29, 1.82) is 0 Å². The number of thiophene rings is 1. The molecule has 0 saturated heterocycles. The van der Waals surface area contributed by atoms with Crippen LogP contribution >= 0.6 is 11.3 Å². The van der Waals surface area contributed by atoms with E-state index in [1.54, 1.807) is 11.3 Å². The first kappa shape index (κ1) is 14.7. The number of aliphatic carboxylic acids is 1. The monoisotopic (exact) mass is 293 g/mol. The lowest BCUT2D eigenvalue weighted by Crippen LogP contribution is -2.08. The van der Waals surface area contributed by atoms with Gasteiger partial charge in [0.05, 0.1) is 5.39 Å². The summed E-state index contributed by atoms with van der Waals surface area (Å²) in [6.07, 6.45) is 1.55. The number of carboxylic acids is 1. The molecule has 6 heteroatoms. The average molecular weight is 293 g/mol. The maximum absolute atomic E-state index is 10.5. The molecule has 5 nitrogen and oxygen atoms in total. The van der Waals surface area contributed by atoms with Gasteiger partial charge in [0, 0.05) is 24.3 Å². The molecule has 0 aromatic carbocycles. The number of aromatic nitrogens is 2. The van der Waals surface area contributed by atoms with Gasteiger partial charge in [-0.3, -0.25) is 4.79 Å². The van der Waals surface area contributed by atoms with Crippen molar-refractivity contribution in [1.82, 2.24) is 9.97 Å². The third-order valence-electron chi connectivity index (χ3n) is 3.25. The van der Waals surface area contributed by atoms with Crippen LogP contribution in [0.15, 0.2) is 0 Å². The molecule has 2 rings (SSSR count). The second kappa shape index (κ2) is 6.17. The molecular formula is C14H19N3O2S. The molecular weight excluding hydrogens is 274 g/mol. The fourth-order valence-corrected chi connectivity index (χ4v) is 3.07. The first-order chi connectivity index (χ1) is 9.52. The van der Waals surface area contributed by atoms with Crippen LogP contribution in [-0.2, 0) is 11.2 Å². The third kappa shape index (κ3) is 3.07. The highest BCUT2D eigenvalue weighted by Crippen LogP contribution is 2.33. The molecule has 2 aromatic rings. The number of carbonyl (C=O) groups is 1. The number of anilines is 1. The Morgan fingerprint density at radius 1 is 1.35 bits per heavy atom. The number of hydrogen-bond acceptors (Lipinski definition) is 5. The van der Waals surface area contributed by atoms with Crippen LogP contribution in [0.5, 0.6) is 0 Å². The molecule has 0 amide bonds. The molecule has 0 aliphatic carbocycles. The minimum atomic E-state index is -0.767. The largest absolute Gasteiger partial charge is 0.481 e. The summed E-state index contributed by atoms with van der Waals surface area (Å²) < 4.78 is 0. The van der Waals surface area contributed by atoms with Crippen LogP contribution in [0.3, 0.4) is 0 Å². The molecule has 0 fully saturated rings. The quantitative estimate of drug-likeness (QED) is 0.800. The van der Waals surface area contributed by atoms with Gasteiger partial charge < -0.3 is 10.4 Å². The predicted molar refractivity (Wildman–Crippen MR) is 81.6 cm³/mol. The van der Waals surface area contributed by atoms with Gasteiger partial charge in [-0.15, -0.1) is 11.3 Å². The zero-order valence-electron chi connectivity index (χ0n) is 12.0. The van der Waals surface area contributed by atoms with Crippen molar-refractivity contribution in [3.05, 3.63) is 16.3 Å². The van der Waals surface area contributed by atoms with Gasteiger partial charge in [0.25, 0.3) is 0 Å². The van der Waals surface area contributed by atoms with Crippen LogP contribution in [0.25, 0.3) is 10.2 Å². The van der Waals surface area contributed by atoms with E-state index < -0.39 is 5.97 Å². The van der Waals surface area contributed by atoms with Crippen LogP contribution in [0.1, 0.15) is 36.0 Å². The number of carboxylic acid groups (broad SMARTS) is 1. The van der Waals surface area contributed by atoms with E-state index in [1.807, 2.05) is 6.92 Å². The first-order valence-electron chi connectivity index (χ1n) is 6.75. The Morgan fingerprint density at radius 2 is 2.10 bits per heavy atom. The lowest BCUT2D eigenvalue weighted by atomic mass is 10.2. The third-order valence-corrected chi connectivity index (χ3v) is 4.35. The predicted octanol–water partition coefficient (Wildman–Crippen LogP) is 3.15. The maximum Gasteiger partial charge on any atom is 0.303 e. The number of hydrogen-bond donors (Lipinski definition) is 2. The average Bonchev–Trinajstić information content (AvgIpc) is 2.69. The summed E-state index contributed by atoms with van der Waals surface area (Å²) in [7, 11) is 0. The van der Waals surface area contributed by atoms with E-state index in [0.29, 0.717) is 13.0 Å².